The average molecular weight is 285 g/mol. The number of piperazine rings is 1. The van der Waals surface area contributed by atoms with Crippen LogP contribution in [0.2, 0.25) is 0 Å². The fourth-order valence-corrected chi connectivity index (χ4v) is 3.33. The lowest BCUT2D eigenvalue weighted by Crippen LogP contribution is -2.50. The normalized spacial score (nSPS) is 24.7. The molecule has 112 valence electrons. The SMILES string of the molecule is CC(C#N)N1CCN(CC2CCOc3ccccc32)CC1. The van der Waals surface area contributed by atoms with E-state index in [9.17, 15) is 0 Å². The third-order valence-corrected chi connectivity index (χ3v) is 4.70. The highest BCUT2D eigenvalue weighted by molar-refractivity contribution is 5.37. The number of benzene rings is 1. The third-order valence-electron chi connectivity index (χ3n) is 4.70. The van der Waals surface area contributed by atoms with E-state index in [2.05, 4.69) is 34.1 Å². The maximum atomic E-state index is 9.00. The van der Waals surface area contributed by atoms with Gasteiger partial charge in [0.1, 0.15) is 5.75 Å². The van der Waals surface area contributed by atoms with Crippen LogP contribution in [0.25, 0.3) is 0 Å². The van der Waals surface area contributed by atoms with Crippen LogP contribution in [0.5, 0.6) is 5.75 Å². The van der Waals surface area contributed by atoms with E-state index >= 15 is 0 Å². The van der Waals surface area contributed by atoms with E-state index < -0.39 is 0 Å². The van der Waals surface area contributed by atoms with E-state index in [1.165, 1.54) is 5.56 Å². The summed E-state index contributed by atoms with van der Waals surface area (Å²) in [5.41, 5.74) is 1.36. The molecular formula is C17H23N3O. The summed E-state index contributed by atoms with van der Waals surface area (Å²) in [5.74, 6) is 1.64. The van der Waals surface area contributed by atoms with Gasteiger partial charge in [-0.25, -0.2) is 0 Å². The summed E-state index contributed by atoms with van der Waals surface area (Å²) in [6.07, 6.45) is 1.10. The molecule has 2 unspecified atom stereocenters. The van der Waals surface area contributed by atoms with Crippen LogP contribution in [0.3, 0.4) is 0 Å². The monoisotopic (exact) mass is 285 g/mol. The Labute approximate surface area is 126 Å². The first kappa shape index (κ1) is 14.4. The molecule has 0 spiro atoms. The number of fused-ring (bicyclic) bond motifs is 1. The van der Waals surface area contributed by atoms with Gasteiger partial charge in [0.2, 0.25) is 0 Å². The molecule has 0 amide bonds. The fraction of sp³-hybridized carbons (Fsp3) is 0.588. The van der Waals surface area contributed by atoms with E-state index in [0.29, 0.717) is 5.92 Å². The lowest BCUT2D eigenvalue weighted by molar-refractivity contribution is 0.108. The predicted molar refractivity (Wildman–Crippen MR) is 82.4 cm³/mol. The Bertz CT molecular complexity index is 517. The van der Waals surface area contributed by atoms with E-state index in [1.807, 2.05) is 13.0 Å². The Balaban J connectivity index is 1.58. The molecule has 1 fully saturated rings. The van der Waals surface area contributed by atoms with Crippen molar-refractivity contribution in [3.05, 3.63) is 29.8 Å². The van der Waals surface area contributed by atoms with Crippen LogP contribution in [-0.4, -0.2) is 55.2 Å². The summed E-state index contributed by atoms with van der Waals surface area (Å²) >= 11 is 0. The molecule has 0 N–H and O–H groups in total. The Morgan fingerprint density at radius 1 is 1.29 bits per heavy atom. The van der Waals surface area contributed by atoms with Crippen LogP contribution in [-0.2, 0) is 0 Å². The average Bonchev–Trinajstić information content (AvgIpc) is 2.55. The van der Waals surface area contributed by atoms with Crippen LogP contribution in [0.1, 0.15) is 24.8 Å². The van der Waals surface area contributed by atoms with Gasteiger partial charge in [0, 0.05) is 38.6 Å². The third kappa shape index (κ3) is 3.20. The first-order chi connectivity index (χ1) is 10.3. The maximum Gasteiger partial charge on any atom is 0.122 e. The molecule has 1 saturated heterocycles. The first-order valence-corrected chi connectivity index (χ1v) is 7.85. The topological polar surface area (TPSA) is 39.5 Å². The van der Waals surface area contributed by atoms with Crippen LogP contribution in [0.4, 0.5) is 0 Å². The summed E-state index contributed by atoms with van der Waals surface area (Å²) < 4.78 is 5.74. The van der Waals surface area contributed by atoms with Gasteiger partial charge in [0.15, 0.2) is 0 Å². The van der Waals surface area contributed by atoms with Crippen molar-refractivity contribution in [1.29, 1.82) is 5.26 Å². The second-order valence-corrected chi connectivity index (χ2v) is 6.01. The molecule has 1 aromatic rings. The zero-order chi connectivity index (χ0) is 14.7. The molecule has 0 aromatic heterocycles. The lowest BCUT2D eigenvalue weighted by Gasteiger charge is -2.38. The van der Waals surface area contributed by atoms with Crippen molar-refractivity contribution in [2.75, 3.05) is 39.3 Å². The minimum Gasteiger partial charge on any atom is -0.493 e. The highest BCUT2D eigenvalue weighted by Crippen LogP contribution is 2.33. The second kappa shape index (κ2) is 6.46. The molecule has 4 nitrogen and oxygen atoms in total. The van der Waals surface area contributed by atoms with Gasteiger partial charge < -0.3 is 9.64 Å². The molecular weight excluding hydrogens is 262 g/mol. The number of nitriles is 1. The Morgan fingerprint density at radius 2 is 2.05 bits per heavy atom. The minimum atomic E-state index is 0.0379. The van der Waals surface area contributed by atoms with E-state index in [4.69, 9.17) is 10.00 Å². The molecule has 3 rings (SSSR count). The maximum absolute atomic E-state index is 9.00. The number of hydrogen-bond acceptors (Lipinski definition) is 4. The van der Waals surface area contributed by atoms with E-state index in [-0.39, 0.29) is 6.04 Å². The number of hydrogen-bond donors (Lipinski definition) is 0. The quantitative estimate of drug-likeness (QED) is 0.852. The highest BCUT2D eigenvalue weighted by atomic mass is 16.5. The van der Waals surface area contributed by atoms with Crippen molar-refractivity contribution in [3.8, 4) is 11.8 Å². The van der Waals surface area contributed by atoms with Gasteiger partial charge in [-0.3, -0.25) is 4.90 Å². The first-order valence-electron chi connectivity index (χ1n) is 7.85. The number of rotatable bonds is 3. The van der Waals surface area contributed by atoms with Crippen molar-refractivity contribution in [2.24, 2.45) is 0 Å². The molecule has 2 atom stereocenters. The summed E-state index contributed by atoms with van der Waals surface area (Å²) in [5, 5.41) is 9.00. The fourth-order valence-electron chi connectivity index (χ4n) is 3.33. The molecule has 2 heterocycles. The van der Waals surface area contributed by atoms with Crippen LogP contribution in [0.15, 0.2) is 24.3 Å². The minimum absolute atomic E-state index is 0.0379. The predicted octanol–water partition coefficient (Wildman–Crippen LogP) is 2.08. The molecule has 21 heavy (non-hydrogen) atoms. The lowest BCUT2D eigenvalue weighted by atomic mass is 9.92. The van der Waals surface area contributed by atoms with Crippen molar-refractivity contribution in [1.82, 2.24) is 9.80 Å². The van der Waals surface area contributed by atoms with Crippen LogP contribution >= 0.6 is 0 Å². The van der Waals surface area contributed by atoms with Gasteiger partial charge in [0.05, 0.1) is 18.7 Å². The second-order valence-electron chi connectivity index (χ2n) is 6.01. The largest absolute Gasteiger partial charge is 0.493 e. The number of nitrogens with zero attached hydrogens (tertiary/aromatic N) is 3. The molecule has 2 aliphatic heterocycles. The summed E-state index contributed by atoms with van der Waals surface area (Å²) in [6.45, 7) is 8.04. The molecule has 1 aromatic carbocycles. The molecule has 4 heteroatoms. The van der Waals surface area contributed by atoms with Gasteiger partial charge in [-0.05, 0) is 25.0 Å². The molecule has 0 aliphatic carbocycles. The van der Waals surface area contributed by atoms with E-state index in [0.717, 1.165) is 51.5 Å². The summed E-state index contributed by atoms with van der Waals surface area (Å²) in [6, 6.07) is 10.8. The van der Waals surface area contributed by atoms with Crippen LogP contribution in [0, 0.1) is 11.3 Å². The van der Waals surface area contributed by atoms with Gasteiger partial charge in [-0.1, -0.05) is 18.2 Å². The van der Waals surface area contributed by atoms with Crippen molar-refractivity contribution in [3.63, 3.8) is 0 Å². The Morgan fingerprint density at radius 3 is 2.81 bits per heavy atom. The molecule has 0 radical (unpaired) electrons. The van der Waals surface area contributed by atoms with Crippen molar-refractivity contribution in [2.45, 2.75) is 25.3 Å². The van der Waals surface area contributed by atoms with Crippen molar-refractivity contribution >= 4 is 0 Å². The van der Waals surface area contributed by atoms with Crippen LogP contribution < -0.4 is 4.74 Å². The summed E-state index contributed by atoms with van der Waals surface area (Å²) in [4.78, 5) is 4.81. The number of para-hydroxylation sites is 1. The zero-order valence-corrected chi connectivity index (χ0v) is 12.7. The highest BCUT2D eigenvalue weighted by Gasteiger charge is 2.26. The number of ether oxygens (including phenoxy) is 1. The smallest absolute Gasteiger partial charge is 0.122 e. The standard InChI is InChI=1S/C17H23N3O/c1-14(12-18)20-9-7-19(8-10-20)13-15-6-11-21-17-5-3-2-4-16(15)17/h2-5,14-15H,6-11,13H2,1H3. The van der Waals surface area contributed by atoms with Crippen molar-refractivity contribution < 1.29 is 4.74 Å². The Hall–Kier alpha value is -1.57. The van der Waals surface area contributed by atoms with Gasteiger partial charge in [-0.2, -0.15) is 5.26 Å². The van der Waals surface area contributed by atoms with Gasteiger partial charge >= 0.3 is 0 Å². The van der Waals surface area contributed by atoms with Gasteiger partial charge in [-0.15, -0.1) is 0 Å². The summed E-state index contributed by atoms with van der Waals surface area (Å²) in [7, 11) is 0. The van der Waals surface area contributed by atoms with E-state index in [1.54, 1.807) is 0 Å². The molecule has 0 saturated carbocycles. The van der Waals surface area contributed by atoms with Gasteiger partial charge in [0.25, 0.3) is 0 Å². The Kier molecular flexibility index (Phi) is 4.42. The molecule has 0 bridgehead atoms. The molecule has 2 aliphatic rings. The zero-order valence-electron chi connectivity index (χ0n) is 12.7.